The van der Waals surface area contributed by atoms with Gasteiger partial charge in [-0.15, -0.1) is 0 Å². The van der Waals surface area contributed by atoms with Gasteiger partial charge in [0.05, 0.1) is 6.20 Å². The molecular weight excluding hydrogens is 262 g/mol. The molecule has 0 radical (unpaired) electrons. The third kappa shape index (κ3) is 6.73. The third-order valence-corrected chi connectivity index (χ3v) is 4.05. The van der Waals surface area contributed by atoms with Gasteiger partial charge in [-0.05, 0) is 6.42 Å². The fourth-order valence-corrected chi connectivity index (χ4v) is 2.48. The summed E-state index contributed by atoms with van der Waals surface area (Å²) in [6.07, 6.45) is 12.8. The van der Waals surface area contributed by atoms with E-state index in [1.807, 2.05) is 0 Å². The van der Waals surface area contributed by atoms with Crippen molar-refractivity contribution < 1.29 is 8.42 Å². The van der Waals surface area contributed by atoms with Crippen molar-refractivity contribution in [1.82, 2.24) is 9.78 Å². The average Bonchev–Trinajstić information content (AvgIpc) is 2.81. The van der Waals surface area contributed by atoms with E-state index in [0.29, 0.717) is 0 Å². The molecule has 19 heavy (non-hydrogen) atoms. The molecule has 1 aromatic heterocycles. The fourth-order valence-electron chi connectivity index (χ4n) is 2.02. The van der Waals surface area contributed by atoms with Gasteiger partial charge in [0.2, 0.25) is 10.0 Å². The summed E-state index contributed by atoms with van der Waals surface area (Å²) >= 11 is 0. The number of sulfonamides is 1. The topological polar surface area (TPSA) is 78.0 Å². The lowest BCUT2D eigenvalue weighted by Gasteiger charge is -2.02. The molecule has 1 heterocycles. The molecular formula is C13H25N3O2S. The third-order valence-electron chi connectivity index (χ3n) is 3.18. The van der Waals surface area contributed by atoms with Crippen molar-refractivity contribution in [3.63, 3.8) is 0 Å². The molecule has 5 nitrogen and oxygen atoms in total. The van der Waals surface area contributed by atoms with Crippen LogP contribution < -0.4 is 5.14 Å². The van der Waals surface area contributed by atoms with Gasteiger partial charge in [-0.25, -0.2) is 13.6 Å². The van der Waals surface area contributed by atoms with Gasteiger partial charge in [0, 0.05) is 12.7 Å². The Hall–Kier alpha value is -0.880. The summed E-state index contributed by atoms with van der Waals surface area (Å²) in [5.41, 5.74) is 0. The summed E-state index contributed by atoms with van der Waals surface area (Å²) in [5, 5.41) is 9.02. The molecule has 0 fully saturated rings. The molecule has 0 aliphatic carbocycles. The molecule has 0 saturated carbocycles. The van der Waals surface area contributed by atoms with Crippen LogP contribution in [0.3, 0.4) is 0 Å². The normalized spacial score (nSPS) is 11.9. The van der Waals surface area contributed by atoms with Crippen LogP contribution in [0.5, 0.6) is 0 Å². The number of hydrogen-bond acceptors (Lipinski definition) is 3. The van der Waals surface area contributed by atoms with Crippen LogP contribution in [0.1, 0.15) is 58.3 Å². The molecule has 0 saturated heterocycles. The van der Waals surface area contributed by atoms with Crippen molar-refractivity contribution in [3.05, 3.63) is 12.4 Å². The van der Waals surface area contributed by atoms with Crippen molar-refractivity contribution in [1.29, 1.82) is 0 Å². The monoisotopic (exact) mass is 287 g/mol. The SMILES string of the molecule is CCCCCCCCCCn1cc(S(N)(=O)=O)cn1. The zero-order valence-electron chi connectivity index (χ0n) is 11.7. The lowest BCUT2D eigenvalue weighted by atomic mass is 10.1. The first-order chi connectivity index (χ1) is 9.04. The van der Waals surface area contributed by atoms with E-state index in [-0.39, 0.29) is 4.90 Å². The highest BCUT2D eigenvalue weighted by Crippen LogP contribution is 2.10. The smallest absolute Gasteiger partial charge is 0.241 e. The Morgan fingerprint density at radius 3 is 2.21 bits per heavy atom. The molecule has 0 spiro atoms. The molecule has 110 valence electrons. The number of aryl methyl sites for hydroxylation is 1. The molecule has 2 N–H and O–H groups in total. The van der Waals surface area contributed by atoms with Gasteiger partial charge in [-0.2, -0.15) is 5.10 Å². The molecule has 0 bridgehead atoms. The maximum absolute atomic E-state index is 11.1. The highest BCUT2D eigenvalue weighted by atomic mass is 32.2. The molecule has 1 rings (SSSR count). The van der Waals surface area contributed by atoms with E-state index in [1.54, 1.807) is 4.68 Å². The van der Waals surface area contributed by atoms with E-state index in [1.165, 1.54) is 50.9 Å². The second-order valence-corrected chi connectivity index (χ2v) is 6.52. The van der Waals surface area contributed by atoms with Crippen molar-refractivity contribution >= 4 is 10.0 Å². The zero-order chi connectivity index (χ0) is 14.1. The maximum Gasteiger partial charge on any atom is 0.241 e. The molecule has 0 amide bonds. The largest absolute Gasteiger partial charge is 0.271 e. The second-order valence-electron chi connectivity index (χ2n) is 4.96. The lowest BCUT2D eigenvalue weighted by Crippen LogP contribution is -2.11. The summed E-state index contributed by atoms with van der Waals surface area (Å²) in [6.45, 7) is 2.98. The number of hydrogen-bond donors (Lipinski definition) is 1. The van der Waals surface area contributed by atoms with Crippen molar-refractivity contribution in [3.8, 4) is 0 Å². The van der Waals surface area contributed by atoms with E-state index in [2.05, 4.69) is 12.0 Å². The van der Waals surface area contributed by atoms with Crippen molar-refractivity contribution in [2.45, 2.75) is 69.7 Å². The second kappa shape index (κ2) is 8.32. The van der Waals surface area contributed by atoms with Crippen LogP contribution in [0.15, 0.2) is 17.3 Å². The summed E-state index contributed by atoms with van der Waals surface area (Å²) in [4.78, 5) is 0.0899. The molecule has 0 aliphatic heterocycles. The van der Waals surface area contributed by atoms with Crippen LogP contribution in [0, 0.1) is 0 Å². The Balaban J connectivity index is 2.11. The molecule has 0 unspecified atom stereocenters. The van der Waals surface area contributed by atoms with Crippen molar-refractivity contribution in [2.75, 3.05) is 0 Å². The van der Waals surface area contributed by atoms with Crippen LogP contribution >= 0.6 is 0 Å². The minimum absolute atomic E-state index is 0.0899. The van der Waals surface area contributed by atoms with E-state index in [4.69, 9.17) is 5.14 Å². The first-order valence-corrected chi connectivity index (χ1v) is 8.64. The predicted molar refractivity (Wildman–Crippen MR) is 76.2 cm³/mol. The van der Waals surface area contributed by atoms with Gasteiger partial charge in [-0.3, -0.25) is 4.68 Å². The van der Waals surface area contributed by atoms with Crippen LogP contribution in [0.25, 0.3) is 0 Å². The van der Waals surface area contributed by atoms with Gasteiger partial charge in [0.25, 0.3) is 0 Å². The molecule has 0 aliphatic rings. The van der Waals surface area contributed by atoms with Gasteiger partial charge in [0.15, 0.2) is 0 Å². The van der Waals surface area contributed by atoms with Gasteiger partial charge >= 0.3 is 0 Å². The van der Waals surface area contributed by atoms with Crippen LogP contribution in [-0.4, -0.2) is 18.2 Å². The number of aromatic nitrogens is 2. The average molecular weight is 287 g/mol. The Bertz CT molecular complexity index is 454. The fraction of sp³-hybridized carbons (Fsp3) is 0.769. The van der Waals surface area contributed by atoms with Crippen molar-refractivity contribution in [2.24, 2.45) is 5.14 Å². The quantitative estimate of drug-likeness (QED) is 0.672. The van der Waals surface area contributed by atoms with E-state index < -0.39 is 10.0 Å². The summed E-state index contributed by atoms with van der Waals surface area (Å²) in [5.74, 6) is 0. The number of nitrogens with zero attached hydrogens (tertiary/aromatic N) is 2. The Morgan fingerprint density at radius 1 is 1.11 bits per heavy atom. The minimum Gasteiger partial charge on any atom is -0.271 e. The number of rotatable bonds is 10. The maximum atomic E-state index is 11.1. The van der Waals surface area contributed by atoms with E-state index >= 15 is 0 Å². The van der Waals surface area contributed by atoms with Crippen LogP contribution in [-0.2, 0) is 16.6 Å². The Kier molecular flexibility index (Phi) is 7.09. The summed E-state index contributed by atoms with van der Waals surface area (Å²) in [6, 6.07) is 0. The molecule has 1 aromatic rings. The van der Waals surface area contributed by atoms with E-state index in [0.717, 1.165) is 19.4 Å². The number of primary sulfonamides is 1. The number of nitrogens with two attached hydrogens (primary N) is 1. The lowest BCUT2D eigenvalue weighted by molar-refractivity contribution is 0.519. The molecule has 6 heteroatoms. The minimum atomic E-state index is -3.61. The predicted octanol–water partition coefficient (Wildman–Crippen LogP) is 2.67. The molecule has 0 atom stereocenters. The summed E-state index contributed by atoms with van der Waals surface area (Å²) < 4.78 is 23.8. The first-order valence-electron chi connectivity index (χ1n) is 7.09. The Morgan fingerprint density at radius 2 is 1.68 bits per heavy atom. The van der Waals surface area contributed by atoms with Crippen LogP contribution in [0.4, 0.5) is 0 Å². The van der Waals surface area contributed by atoms with Gasteiger partial charge in [0.1, 0.15) is 4.90 Å². The first kappa shape index (κ1) is 16.2. The number of unbranched alkanes of at least 4 members (excludes halogenated alkanes) is 7. The standard InChI is InChI=1S/C13H25N3O2S/c1-2-3-4-5-6-7-8-9-10-16-12-13(11-15-16)19(14,17)18/h11-12H,2-10H2,1H3,(H2,14,17,18). The van der Waals surface area contributed by atoms with Gasteiger partial charge < -0.3 is 0 Å². The zero-order valence-corrected chi connectivity index (χ0v) is 12.5. The molecule has 0 aromatic carbocycles. The highest BCUT2D eigenvalue weighted by Gasteiger charge is 2.09. The van der Waals surface area contributed by atoms with Gasteiger partial charge in [-0.1, -0.05) is 51.9 Å². The van der Waals surface area contributed by atoms with Crippen LogP contribution in [0.2, 0.25) is 0 Å². The van der Waals surface area contributed by atoms with E-state index in [9.17, 15) is 8.42 Å². The Labute approximate surface area is 116 Å². The highest BCUT2D eigenvalue weighted by molar-refractivity contribution is 7.89. The summed E-state index contributed by atoms with van der Waals surface area (Å²) in [7, 11) is -3.61.